The number of benzene rings is 1. The van der Waals surface area contributed by atoms with Crippen molar-refractivity contribution in [3.8, 4) is 0 Å². The van der Waals surface area contributed by atoms with E-state index in [4.69, 9.17) is 10.5 Å². The average Bonchev–Trinajstić information content (AvgIpc) is 2.76. The molecular formula is C13H16N4OS. The normalized spacial score (nSPS) is 18.3. The third-order valence-electron chi connectivity index (χ3n) is 3.32. The van der Waals surface area contributed by atoms with Crippen molar-refractivity contribution in [1.29, 1.82) is 0 Å². The first-order valence-electron chi connectivity index (χ1n) is 6.23. The van der Waals surface area contributed by atoms with Gasteiger partial charge in [0.1, 0.15) is 0 Å². The summed E-state index contributed by atoms with van der Waals surface area (Å²) in [7, 11) is 1.87. The van der Waals surface area contributed by atoms with E-state index in [1.54, 1.807) is 16.3 Å². The van der Waals surface area contributed by atoms with Crippen LogP contribution in [0.15, 0.2) is 29.4 Å². The van der Waals surface area contributed by atoms with Gasteiger partial charge in [-0.15, -0.1) is 10.2 Å². The first kappa shape index (κ1) is 12.5. The van der Waals surface area contributed by atoms with Crippen LogP contribution >= 0.6 is 11.8 Å². The topological polar surface area (TPSA) is 66.0 Å². The molecule has 0 bridgehead atoms. The molecule has 1 aliphatic heterocycles. The Labute approximate surface area is 116 Å². The first-order chi connectivity index (χ1) is 9.25. The van der Waals surface area contributed by atoms with E-state index in [1.165, 1.54) is 11.1 Å². The molecule has 0 fully saturated rings. The molecule has 1 aromatic carbocycles. The van der Waals surface area contributed by atoms with Crippen LogP contribution in [0, 0.1) is 0 Å². The van der Waals surface area contributed by atoms with Gasteiger partial charge in [0.05, 0.1) is 12.7 Å². The third kappa shape index (κ3) is 2.46. The van der Waals surface area contributed by atoms with E-state index in [0.717, 1.165) is 23.9 Å². The predicted octanol–water partition coefficient (Wildman–Crippen LogP) is 1.80. The number of nitrogens with zero attached hydrogens (tertiary/aromatic N) is 3. The fourth-order valence-corrected chi connectivity index (χ4v) is 3.18. The lowest BCUT2D eigenvalue weighted by atomic mass is 9.99. The Morgan fingerprint density at radius 1 is 1.42 bits per heavy atom. The van der Waals surface area contributed by atoms with Crippen molar-refractivity contribution in [2.75, 3.05) is 18.1 Å². The molecule has 0 aliphatic carbocycles. The first-order valence-corrected chi connectivity index (χ1v) is 7.21. The standard InChI is InChI=1S/C13H16N4OS/c1-17-12(14)15-16-13(17)19-8-11-10-5-3-2-4-9(10)6-7-18-11/h2-5,11H,6-8H2,1H3,(H2,14,15)/t11-/m0/s1. The molecule has 5 nitrogen and oxygen atoms in total. The van der Waals surface area contributed by atoms with Crippen LogP contribution in [-0.4, -0.2) is 27.1 Å². The molecule has 1 atom stereocenters. The number of anilines is 1. The number of fused-ring (bicyclic) bond motifs is 1. The molecule has 2 heterocycles. The summed E-state index contributed by atoms with van der Waals surface area (Å²) in [4.78, 5) is 0. The molecule has 0 unspecified atom stereocenters. The minimum atomic E-state index is 0.118. The van der Waals surface area contributed by atoms with Crippen LogP contribution in [0.1, 0.15) is 17.2 Å². The molecule has 19 heavy (non-hydrogen) atoms. The molecule has 3 rings (SSSR count). The number of thioether (sulfide) groups is 1. The van der Waals surface area contributed by atoms with Gasteiger partial charge in [0.25, 0.3) is 0 Å². The molecule has 1 aromatic heterocycles. The van der Waals surface area contributed by atoms with Crippen molar-refractivity contribution in [1.82, 2.24) is 14.8 Å². The van der Waals surface area contributed by atoms with Gasteiger partial charge in [-0.2, -0.15) is 0 Å². The smallest absolute Gasteiger partial charge is 0.222 e. The van der Waals surface area contributed by atoms with Crippen molar-refractivity contribution < 1.29 is 4.74 Å². The molecule has 0 amide bonds. The minimum Gasteiger partial charge on any atom is -0.372 e. The van der Waals surface area contributed by atoms with E-state index in [0.29, 0.717) is 5.95 Å². The number of nitrogens with two attached hydrogens (primary N) is 1. The van der Waals surface area contributed by atoms with Gasteiger partial charge < -0.3 is 10.5 Å². The highest BCUT2D eigenvalue weighted by molar-refractivity contribution is 7.99. The van der Waals surface area contributed by atoms with Crippen LogP contribution in [0.2, 0.25) is 0 Å². The Bertz CT molecular complexity index is 584. The summed E-state index contributed by atoms with van der Waals surface area (Å²) in [5.74, 6) is 1.26. The van der Waals surface area contributed by atoms with Crippen LogP contribution in [0.3, 0.4) is 0 Å². The number of rotatable bonds is 3. The van der Waals surface area contributed by atoms with Gasteiger partial charge in [0.15, 0.2) is 5.16 Å². The van der Waals surface area contributed by atoms with Crippen molar-refractivity contribution >= 4 is 17.7 Å². The summed E-state index contributed by atoms with van der Waals surface area (Å²) in [6, 6.07) is 8.46. The fourth-order valence-electron chi connectivity index (χ4n) is 2.22. The number of nitrogen functional groups attached to an aromatic ring is 1. The lowest BCUT2D eigenvalue weighted by Crippen LogP contribution is -2.18. The van der Waals surface area contributed by atoms with Crippen LogP contribution in [0.5, 0.6) is 0 Å². The molecule has 0 radical (unpaired) electrons. The van der Waals surface area contributed by atoms with E-state index in [9.17, 15) is 0 Å². The van der Waals surface area contributed by atoms with Gasteiger partial charge in [0.2, 0.25) is 5.95 Å². The largest absolute Gasteiger partial charge is 0.372 e. The summed E-state index contributed by atoms with van der Waals surface area (Å²) < 4.78 is 7.65. The number of ether oxygens (including phenoxy) is 1. The Hall–Kier alpha value is -1.53. The molecule has 0 saturated heterocycles. The van der Waals surface area contributed by atoms with Gasteiger partial charge in [-0.25, -0.2) is 0 Å². The van der Waals surface area contributed by atoms with E-state index in [1.807, 2.05) is 7.05 Å². The van der Waals surface area contributed by atoms with Gasteiger partial charge in [0, 0.05) is 12.8 Å². The zero-order valence-corrected chi connectivity index (χ0v) is 11.6. The van der Waals surface area contributed by atoms with Gasteiger partial charge in [-0.3, -0.25) is 4.57 Å². The second-order valence-electron chi connectivity index (χ2n) is 4.52. The SMILES string of the molecule is Cn1c(N)nnc1SC[C@@H]1OCCc2ccccc21. The Morgan fingerprint density at radius 2 is 2.26 bits per heavy atom. The summed E-state index contributed by atoms with van der Waals surface area (Å²) >= 11 is 1.62. The monoisotopic (exact) mass is 276 g/mol. The zero-order valence-electron chi connectivity index (χ0n) is 10.7. The quantitative estimate of drug-likeness (QED) is 0.866. The highest BCUT2D eigenvalue weighted by atomic mass is 32.2. The molecule has 6 heteroatoms. The Morgan fingerprint density at radius 3 is 3.05 bits per heavy atom. The number of hydrogen-bond acceptors (Lipinski definition) is 5. The highest BCUT2D eigenvalue weighted by Crippen LogP contribution is 2.31. The summed E-state index contributed by atoms with van der Waals surface area (Å²) in [5, 5.41) is 8.73. The van der Waals surface area contributed by atoms with Crippen LogP contribution < -0.4 is 5.73 Å². The fraction of sp³-hybridized carbons (Fsp3) is 0.385. The molecule has 2 aromatic rings. The highest BCUT2D eigenvalue weighted by Gasteiger charge is 2.21. The van der Waals surface area contributed by atoms with E-state index >= 15 is 0 Å². The summed E-state index contributed by atoms with van der Waals surface area (Å²) in [6.07, 6.45) is 1.11. The van der Waals surface area contributed by atoms with Crippen LogP contribution in [0.25, 0.3) is 0 Å². The third-order valence-corrected chi connectivity index (χ3v) is 4.41. The van der Waals surface area contributed by atoms with Crippen molar-refractivity contribution in [2.45, 2.75) is 17.7 Å². The molecular weight excluding hydrogens is 260 g/mol. The maximum atomic E-state index is 5.86. The zero-order chi connectivity index (χ0) is 13.2. The maximum absolute atomic E-state index is 5.86. The van der Waals surface area contributed by atoms with E-state index in [-0.39, 0.29) is 6.10 Å². The van der Waals surface area contributed by atoms with Crippen LogP contribution in [-0.2, 0) is 18.2 Å². The Kier molecular flexibility index (Phi) is 3.44. The van der Waals surface area contributed by atoms with E-state index in [2.05, 4.69) is 34.5 Å². The maximum Gasteiger partial charge on any atom is 0.222 e. The molecule has 1 aliphatic rings. The van der Waals surface area contributed by atoms with Crippen molar-refractivity contribution in [3.63, 3.8) is 0 Å². The van der Waals surface area contributed by atoms with E-state index < -0.39 is 0 Å². The lowest BCUT2D eigenvalue weighted by Gasteiger charge is -2.25. The summed E-state index contributed by atoms with van der Waals surface area (Å²) in [6.45, 7) is 0.781. The molecule has 0 spiro atoms. The molecule has 2 N–H and O–H groups in total. The second kappa shape index (κ2) is 5.22. The number of aromatic nitrogens is 3. The minimum absolute atomic E-state index is 0.118. The predicted molar refractivity (Wildman–Crippen MR) is 75.0 cm³/mol. The number of hydrogen-bond donors (Lipinski definition) is 1. The van der Waals surface area contributed by atoms with Crippen molar-refractivity contribution in [2.24, 2.45) is 7.05 Å². The van der Waals surface area contributed by atoms with Gasteiger partial charge >= 0.3 is 0 Å². The van der Waals surface area contributed by atoms with Crippen molar-refractivity contribution in [3.05, 3.63) is 35.4 Å². The molecule has 0 saturated carbocycles. The summed E-state index contributed by atoms with van der Waals surface area (Å²) in [5.41, 5.74) is 8.34. The van der Waals surface area contributed by atoms with Crippen LogP contribution in [0.4, 0.5) is 5.95 Å². The lowest BCUT2D eigenvalue weighted by molar-refractivity contribution is 0.0587. The second-order valence-corrected chi connectivity index (χ2v) is 5.51. The Balaban J connectivity index is 1.73. The average molecular weight is 276 g/mol. The van der Waals surface area contributed by atoms with Gasteiger partial charge in [-0.05, 0) is 17.5 Å². The molecule has 100 valence electrons. The van der Waals surface area contributed by atoms with Gasteiger partial charge in [-0.1, -0.05) is 36.0 Å².